The topological polar surface area (TPSA) is 81.3 Å². The Hall–Kier alpha value is -3.00. The van der Waals surface area contributed by atoms with Crippen molar-refractivity contribution < 1.29 is 4.79 Å². The van der Waals surface area contributed by atoms with E-state index in [4.69, 9.17) is 0 Å². The minimum atomic E-state index is -0.346. The number of halogens is 1. The first-order valence-corrected chi connectivity index (χ1v) is 10.1. The molecule has 29 heavy (non-hydrogen) atoms. The van der Waals surface area contributed by atoms with Gasteiger partial charge in [-0.15, -0.1) is 10.2 Å². The number of fused-ring (bicyclic) bond motifs is 3. The monoisotopic (exact) mass is 453 g/mol. The number of para-hydroxylation sites is 2. The molecule has 0 radical (unpaired) electrons. The molecule has 0 fully saturated rings. The van der Waals surface area contributed by atoms with Gasteiger partial charge in [-0.05, 0) is 52.7 Å². The number of benzene rings is 2. The largest absolute Gasteiger partial charge is 0.324 e. The first kappa shape index (κ1) is 19.3. The number of amides is 1. The van der Waals surface area contributed by atoms with Crippen molar-refractivity contribution in [1.29, 1.82) is 0 Å². The zero-order chi connectivity index (χ0) is 20.7. The summed E-state index contributed by atoms with van der Waals surface area (Å²) in [5.41, 5.74) is 3.06. The molecule has 0 aliphatic heterocycles. The molecular formula is C21H20BrN5O2. The van der Waals surface area contributed by atoms with Crippen LogP contribution in [-0.2, 0) is 11.3 Å². The zero-order valence-corrected chi connectivity index (χ0v) is 17.9. The average molecular weight is 454 g/mol. The average Bonchev–Trinajstić information content (AvgIpc) is 3.13. The van der Waals surface area contributed by atoms with Gasteiger partial charge in [0, 0.05) is 10.4 Å². The Kier molecular flexibility index (Phi) is 4.96. The van der Waals surface area contributed by atoms with Gasteiger partial charge < -0.3 is 5.32 Å². The first-order valence-electron chi connectivity index (χ1n) is 9.29. The molecule has 0 saturated heterocycles. The van der Waals surface area contributed by atoms with Crippen LogP contribution in [0.3, 0.4) is 0 Å². The number of nitrogens with zero attached hydrogens (tertiary/aromatic N) is 4. The highest BCUT2D eigenvalue weighted by Gasteiger charge is 2.19. The number of carbonyl (C=O) groups excluding carboxylic acids is 1. The molecule has 0 aliphatic rings. The second-order valence-electron chi connectivity index (χ2n) is 7.28. The van der Waals surface area contributed by atoms with E-state index in [1.54, 1.807) is 4.40 Å². The van der Waals surface area contributed by atoms with E-state index in [-0.39, 0.29) is 29.6 Å². The Morgan fingerprint density at radius 3 is 2.55 bits per heavy atom. The summed E-state index contributed by atoms with van der Waals surface area (Å²) >= 11 is 3.46. The molecular weight excluding hydrogens is 434 g/mol. The van der Waals surface area contributed by atoms with E-state index in [2.05, 4.69) is 31.4 Å². The minimum Gasteiger partial charge on any atom is -0.324 e. The van der Waals surface area contributed by atoms with Crippen LogP contribution in [0.4, 0.5) is 5.69 Å². The summed E-state index contributed by atoms with van der Waals surface area (Å²) in [4.78, 5) is 25.9. The van der Waals surface area contributed by atoms with Crippen molar-refractivity contribution in [2.75, 3.05) is 5.32 Å². The Labute approximate surface area is 175 Å². The molecule has 1 N–H and O–H groups in total. The maximum atomic E-state index is 13.1. The van der Waals surface area contributed by atoms with Crippen molar-refractivity contribution in [2.24, 2.45) is 0 Å². The van der Waals surface area contributed by atoms with Crippen LogP contribution in [0.2, 0.25) is 0 Å². The fourth-order valence-corrected chi connectivity index (χ4v) is 3.96. The lowest BCUT2D eigenvalue weighted by molar-refractivity contribution is -0.116. The third kappa shape index (κ3) is 3.44. The molecule has 2 heterocycles. The molecule has 0 aliphatic carbocycles. The van der Waals surface area contributed by atoms with Crippen LogP contribution in [0, 0.1) is 6.92 Å². The number of hydrogen-bond donors (Lipinski definition) is 1. The van der Waals surface area contributed by atoms with E-state index in [9.17, 15) is 9.59 Å². The van der Waals surface area contributed by atoms with Crippen molar-refractivity contribution in [3.05, 3.63) is 68.7 Å². The fraction of sp³-hybridized carbons (Fsp3) is 0.238. The third-order valence-corrected chi connectivity index (χ3v) is 5.41. The van der Waals surface area contributed by atoms with Crippen molar-refractivity contribution in [1.82, 2.24) is 19.2 Å². The van der Waals surface area contributed by atoms with Crippen LogP contribution < -0.4 is 10.9 Å². The molecule has 0 unspecified atom stereocenters. The summed E-state index contributed by atoms with van der Waals surface area (Å²) in [6.45, 7) is 5.86. The van der Waals surface area contributed by atoms with E-state index >= 15 is 0 Å². The molecule has 1 amide bonds. The minimum absolute atomic E-state index is 0.103. The van der Waals surface area contributed by atoms with Crippen molar-refractivity contribution >= 4 is 44.2 Å². The molecule has 148 valence electrons. The predicted molar refractivity (Wildman–Crippen MR) is 116 cm³/mol. The number of nitrogens with one attached hydrogen (secondary N) is 1. The van der Waals surface area contributed by atoms with E-state index < -0.39 is 0 Å². The molecule has 8 heteroatoms. The highest BCUT2D eigenvalue weighted by molar-refractivity contribution is 9.10. The number of aromatic nitrogens is 4. The molecule has 0 saturated carbocycles. The number of rotatable bonds is 4. The third-order valence-electron chi connectivity index (χ3n) is 4.75. The normalized spacial score (nSPS) is 11.5. The Morgan fingerprint density at radius 2 is 1.86 bits per heavy atom. The van der Waals surface area contributed by atoms with Gasteiger partial charge in [0.15, 0.2) is 0 Å². The number of anilines is 1. The Bertz CT molecular complexity index is 1310. The summed E-state index contributed by atoms with van der Waals surface area (Å²) in [5.74, 6) is 0.522. The summed E-state index contributed by atoms with van der Waals surface area (Å²) in [6.07, 6.45) is 0. The number of aryl methyl sites for hydroxylation is 1. The van der Waals surface area contributed by atoms with E-state index in [1.165, 1.54) is 4.57 Å². The fourth-order valence-electron chi connectivity index (χ4n) is 3.37. The van der Waals surface area contributed by atoms with Gasteiger partial charge in [0.05, 0.1) is 16.7 Å². The van der Waals surface area contributed by atoms with Crippen LogP contribution >= 0.6 is 15.9 Å². The predicted octanol–water partition coefficient (Wildman–Crippen LogP) is 3.88. The Morgan fingerprint density at radius 1 is 1.14 bits per heavy atom. The quantitative estimate of drug-likeness (QED) is 0.508. The summed E-state index contributed by atoms with van der Waals surface area (Å²) in [6, 6.07) is 13.1. The van der Waals surface area contributed by atoms with Crippen LogP contribution in [0.5, 0.6) is 0 Å². The molecule has 2 aromatic heterocycles. The maximum absolute atomic E-state index is 13.1. The number of carbonyl (C=O) groups is 1. The molecule has 7 nitrogen and oxygen atoms in total. The summed E-state index contributed by atoms with van der Waals surface area (Å²) in [5, 5.41) is 11.2. The second kappa shape index (κ2) is 7.44. The molecule has 0 spiro atoms. The van der Waals surface area contributed by atoms with Gasteiger partial charge in [-0.3, -0.25) is 18.6 Å². The van der Waals surface area contributed by atoms with Gasteiger partial charge in [-0.1, -0.05) is 32.0 Å². The van der Waals surface area contributed by atoms with Crippen LogP contribution in [0.1, 0.15) is 31.2 Å². The second-order valence-corrected chi connectivity index (χ2v) is 8.14. The molecule has 0 atom stereocenters. The highest BCUT2D eigenvalue weighted by Crippen LogP contribution is 2.24. The van der Waals surface area contributed by atoms with Crippen LogP contribution in [-0.4, -0.2) is 25.1 Å². The van der Waals surface area contributed by atoms with Gasteiger partial charge in [0.2, 0.25) is 11.6 Å². The maximum Gasteiger partial charge on any atom is 0.297 e. The Balaban J connectivity index is 1.80. The van der Waals surface area contributed by atoms with Gasteiger partial charge >= 0.3 is 0 Å². The van der Waals surface area contributed by atoms with E-state index in [0.29, 0.717) is 17.0 Å². The van der Waals surface area contributed by atoms with Gasteiger partial charge in [-0.25, -0.2) is 0 Å². The lowest BCUT2D eigenvalue weighted by Crippen LogP contribution is -2.29. The summed E-state index contributed by atoms with van der Waals surface area (Å²) < 4.78 is 4.02. The first-order chi connectivity index (χ1) is 13.9. The van der Waals surface area contributed by atoms with Gasteiger partial charge in [0.1, 0.15) is 12.4 Å². The lowest BCUT2D eigenvalue weighted by atomic mass is 10.2. The van der Waals surface area contributed by atoms with Gasteiger partial charge in [0.25, 0.3) is 5.56 Å². The van der Waals surface area contributed by atoms with Crippen molar-refractivity contribution in [3.8, 4) is 0 Å². The highest BCUT2D eigenvalue weighted by atomic mass is 79.9. The van der Waals surface area contributed by atoms with Crippen molar-refractivity contribution in [3.63, 3.8) is 0 Å². The van der Waals surface area contributed by atoms with Crippen LogP contribution in [0.15, 0.2) is 51.7 Å². The summed E-state index contributed by atoms with van der Waals surface area (Å²) in [7, 11) is 0. The molecule has 0 bridgehead atoms. The smallest absolute Gasteiger partial charge is 0.297 e. The van der Waals surface area contributed by atoms with Gasteiger partial charge in [-0.2, -0.15) is 0 Å². The molecule has 2 aromatic carbocycles. The number of hydrogen-bond acceptors (Lipinski definition) is 4. The van der Waals surface area contributed by atoms with E-state index in [1.807, 2.05) is 63.2 Å². The van der Waals surface area contributed by atoms with Crippen LogP contribution in [0.25, 0.3) is 16.7 Å². The molecule has 4 rings (SSSR count). The standard InChI is InChI=1S/C21H20BrN5O2/c1-12(2)19-24-25-20-21(29)26(16-6-4-5-7-17(16)27(19)20)11-18(28)23-15-9-8-13(3)10-14(15)22/h4-10,12H,11H2,1-3H3,(H,23,28). The zero-order valence-electron chi connectivity index (χ0n) is 16.3. The van der Waals surface area contributed by atoms with Crippen molar-refractivity contribution in [2.45, 2.75) is 33.2 Å². The SMILES string of the molecule is Cc1ccc(NC(=O)Cn2c(=O)c3nnc(C(C)C)n3c3ccccc32)c(Br)c1. The molecule has 4 aromatic rings. The lowest BCUT2D eigenvalue weighted by Gasteiger charge is -2.14. The van der Waals surface area contributed by atoms with E-state index in [0.717, 1.165) is 15.6 Å².